The van der Waals surface area contributed by atoms with Gasteiger partial charge in [-0.05, 0) is 212 Å². The van der Waals surface area contributed by atoms with Crippen LogP contribution in [-0.2, 0) is 32.5 Å². The van der Waals surface area contributed by atoms with Crippen LogP contribution < -0.4 is 0 Å². The Balaban J connectivity index is 0.000000486. The van der Waals surface area contributed by atoms with Gasteiger partial charge < -0.3 is 30.6 Å². The van der Waals surface area contributed by atoms with Gasteiger partial charge in [-0.2, -0.15) is 0 Å². The van der Waals surface area contributed by atoms with Crippen LogP contribution in [0.1, 0.15) is 203 Å². The lowest BCUT2D eigenvalue weighted by Crippen LogP contribution is -2.14. The van der Waals surface area contributed by atoms with E-state index in [0.29, 0.717) is 48.8 Å². The van der Waals surface area contributed by atoms with E-state index in [1.807, 2.05) is 81.4 Å². The molecule has 81 heavy (non-hydrogen) atoms. The Kier molecular flexibility index (Phi) is 27.1. The molecular weight excluding hydrogens is 1250 g/mol. The molecule has 0 saturated heterocycles. The number of benzene rings is 6. The van der Waals surface area contributed by atoms with Gasteiger partial charge in [-0.25, -0.2) is 0 Å². The number of hydrogen-bond donors (Lipinski definition) is 6. The minimum atomic E-state index is -0.137. The fraction of sp³-hybridized carbons (Fsp3) is 0.471. The van der Waals surface area contributed by atoms with Gasteiger partial charge in [-0.3, -0.25) is 0 Å². The minimum Gasteiger partial charge on any atom is -0.508 e. The van der Waals surface area contributed by atoms with Crippen molar-refractivity contribution in [2.75, 3.05) is 0 Å². The number of aromatic hydroxyl groups is 6. The Bertz CT molecular complexity index is 2920. The largest absolute Gasteiger partial charge is 0.508 e. The fourth-order valence-corrected chi connectivity index (χ4v) is 11.2. The molecule has 450 valence electrons. The van der Waals surface area contributed by atoms with Crippen molar-refractivity contribution in [3.8, 4) is 34.5 Å². The summed E-state index contributed by atoms with van der Waals surface area (Å²) in [6.07, 6.45) is 0. The molecule has 6 aromatic rings. The summed E-state index contributed by atoms with van der Waals surface area (Å²) in [5.41, 5.74) is 13.6. The van der Waals surface area contributed by atoms with Gasteiger partial charge in [0.25, 0.3) is 0 Å². The van der Waals surface area contributed by atoms with Crippen molar-refractivity contribution >= 4 is 89.9 Å². The zero-order valence-electron chi connectivity index (χ0n) is 53.0. The Morgan fingerprint density at radius 3 is 1.01 bits per heavy atom. The third-order valence-electron chi connectivity index (χ3n) is 13.6. The topological polar surface area (TPSA) is 121 Å². The van der Waals surface area contributed by atoms with Crippen LogP contribution in [0, 0.1) is 55.4 Å². The molecule has 6 rings (SSSR count). The Hall–Kier alpha value is -3.47. The number of halogens is 7. The highest BCUT2D eigenvalue weighted by atomic mass is 79.9. The summed E-state index contributed by atoms with van der Waals surface area (Å²) in [6.45, 7) is 53.0. The first-order valence-electron chi connectivity index (χ1n) is 26.9. The second kappa shape index (κ2) is 29.1. The van der Waals surface area contributed by atoms with Crippen molar-refractivity contribution < 1.29 is 30.6 Å². The van der Waals surface area contributed by atoms with Crippen LogP contribution in [0.3, 0.4) is 0 Å². The van der Waals surface area contributed by atoms with Crippen molar-refractivity contribution in [2.24, 2.45) is 0 Å². The summed E-state index contributed by atoms with van der Waals surface area (Å²) in [7, 11) is 0. The summed E-state index contributed by atoms with van der Waals surface area (Å²) >= 11 is 36.7. The van der Waals surface area contributed by atoms with Crippen LogP contribution >= 0.6 is 89.9 Å². The first-order valence-corrected chi connectivity index (χ1v) is 30.3. The molecule has 0 aromatic heterocycles. The number of hydrogen-bond acceptors (Lipinski definition) is 6. The Morgan fingerprint density at radius 1 is 0.284 bits per heavy atom. The van der Waals surface area contributed by atoms with E-state index in [2.05, 4.69) is 149 Å². The molecule has 6 nitrogen and oxygen atoms in total. The highest BCUT2D eigenvalue weighted by molar-refractivity contribution is 9.13. The molecule has 0 radical (unpaired) electrons. The normalized spacial score (nSPS) is 11.8. The second-order valence-electron chi connectivity index (χ2n) is 27.0. The average molecular weight is 1340 g/mol. The molecule has 0 aliphatic carbocycles. The Labute approximate surface area is 529 Å². The van der Waals surface area contributed by atoms with E-state index in [9.17, 15) is 30.6 Å². The van der Waals surface area contributed by atoms with Gasteiger partial charge in [0.2, 0.25) is 0 Å². The third-order valence-corrected chi connectivity index (χ3v) is 17.7. The molecule has 0 aliphatic heterocycles. The molecule has 6 aromatic carbocycles. The first kappa shape index (κ1) is 75.5. The molecule has 0 aliphatic rings. The SMILES string of the molecule is CC(C)(C)c1cc(Br)c(Br)cc1O.Cc1c(Cl)c(Cl)cc(O)c1C(C)(C)C.Cc1c(Cl)cc(O)c(C(C)(C)C)c1C.Cc1c(Cl)ccc(O)c1C(C)(C)C.Cc1cc(O)c(C(C)(C)C)c(C)c1Cl.Cc1cc(O)c(C(C)(C)C)cc1C. The maximum absolute atomic E-state index is 9.87. The van der Waals surface area contributed by atoms with E-state index in [0.717, 1.165) is 86.3 Å². The van der Waals surface area contributed by atoms with Gasteiger partial charge in [0.1, 0.15) is 34.5 Å². The van der Waals surface area contributed by atoms with E-state index < -0.39 is 0 Å². The smallest absolute Gasteiger partial charge is 0.121 e. The summed E-state index contributed by atoms with van der Waals surface area (Å²) in [5.74, 6) is 1.93. The van der Waals surface area contributed by atoms with E-state index in [4.69, 9.17) is 58.0 Å². The van der Waals surface area contributed by atoms with Gasteiger partial charge in [-0.15, -0.1) is 0 Å². The molecule has 6 N–H and O–H groups in total. The molecule has 0 amide bonds. The monoisotopic (exact) mass is 1340 g/mol. The summed E-state index contributed by atoms with van der Waals surface area (Å²) in [4.78, 5) is 0. The van der Waals surface area contributed by atoms with Crippen molar-refractivity contribution in [1.29, 1.82) is 0 Å². The van der Waals surface area contributed by atoms with Crippen LogP contribution in [0.2, 0.25) is 25.1 Å². The Morgan fingerprint density at radius 2 is 0.605 bits per heavy atom. The zero-order valence-corrected chi connectivity index (χ0v) is 60.0. The van der Waals surface area contributed by atoms with E-state index >= 15 is 0 Å². The highest BCUT2D eigenvalue weighted by Gasteiger charge is 2.27. The lowest BCUT2D eigenvalue weighted by atomic mass is 9.82. The van der Waals surface area contributed by atoms with Crippen molar-refractivity contribution in [3.05, 3.63) is 167 Å². The standard InChI is InChI=1S/2C12H17ClO.C12H18O.C11H14Cl2O.C11H15ClO.C10H12Br2O/c1-7-8(2)11(12(3,4)5)10(14)6-9(7)13;1-7-6-9(14)10(12(3,4)5)8(2)11(7)13;1-8-6-10(12(3,4)5)11(13)7-9(8)2;1-6-9(11(2,3)4)8(14)5-7(12)10(6)13;1-7-8(12)5-6-9(13)10(7)11(2,3)4;1-10(2,3)6-4-7(11)8(12)5-9(6)13/h2*6,14H,1-5H3;6-7,13H,1-5H3;5,14H,1-4H3;5-6,13H,1-4H3;4-5,13H,1-3H3. The lowest BCUT2D eigenvalue weighted by Gasteiger charge is -2.24. The number of aryl methyl sites for hydroxylation is 3. The van der Waals surface area contributed by atoms with Crippen molar-refractivity contribution in [2.45, 2.75) is 213 Å². The predicted molar refractivity (Wildman–Crippen MR) is 359 cm³/mol. The molecular formula is C68H93Br2Cl5O6. The number of rotatable bonds is 0. The van der Waals surface area contributed by atoms with E-state index in [1.54, 1.807) is 30.3 Å². The summed E-state index contributed by atoms with van der Waals surface area (Å²) < 4.78 is 1.84. The van der Waals surface area contributed by atoms with Crippen LogP contribution in [0.5, 0.6) is 34.5 Å². The zero-order chi connectivity index (χ0) is 64.0. The van der Waals surface area contributed by atoms with Crippen molar-refractivity contribution in [3.63, 3.8) is 0 Å². The van der Waals surface area contributed by atoms with Crippen LogP contribution in [-0.4, -0.2) is 30.6 Å². The molecule has 0 heterocycles. The second-order valence-corrected chi connectivity index (χ2v) is 30.7. The predicted octanol–water partition coefficient (Wildman–Crippen LogP) is 23.4. The molecule has 0 bridgehead atoms. The third kappa shape index (κ3) is 21.2. The molecule has 13 heteroatoms. The quantitative estimate of drug-likeness (QED) is 0.0901. The van der Waals surface area contributed by atoms with E-state index in [-0.39, 0.29) is 38.2 Å². The molecule has 0 unspecified atom stereocenters. The van der Waals surface area contributed by atoms with Crippen molar-refractivity contribution in [1.82, 2.24) is 0 Å². The van der Waals surface area contributed by atoms with Crippen LogP contribution in [0.25, 0.3) is 0 Å². The fourth-order valence-electron chi connectivity index (χ4n) is 9.53. The molecule has 0 saturated carbocycles. The van der Waals surface area contributed by atoms with Gasteiger partial charge in [0.15, 0.2) is 0 Å². The van der Waals surface area contributed by atoms with E-state index in [1.165, 1.54) is 11.6 Å². The average Bonchev–Trinajstić information content (AvgIpc) is 3.26. The van der Waals surface area contributed by atoms with Crippen LogP contribution in [0.4, 0.5) is 0 Å². The highest BCUT2D eigenvalue weighted by Crippen LogP contribution is 2.43. The first-order chi connectivity index (χ1) is 36.2. The van der Waals surface area contributed by atoms with Gasteiger partial charge in [0, 0.05) is 57.9 Å². The number of phenolic OH excluding ortho intramolecular Hbond substituents is 6. The van der Waals surface area contributed by atoms with Gasteiger partial charge in [-0.1, -0.05) is 189 Å². The summed E-state index contributed by atoms with van der Waals surface area (Å²) in [6, 6.07) is 15.8. The summed E-state index contributed by atoms with van der Waals surface area (Å²) in [5, 5.41) is 61.7. The minimum absolute atomic E-state index is 0.0164. The molecule has 0 spiro atoms. The van der Waals surface area contributed by atoms with Crippen LogP contribution in [0.15, 0.2) is 63.5 Å². The number of phenols is 6. The lowest BCUT2D eigenvalue weighted by molar-refractivity contribution is 0.444. The molecule has 0 atom stereocenters. The maximum Gasteiger partial charge on any atom is 0.121 e. The van der Waals surface area contributed by atoms with Gasteiger partial charge >= 0.3 is 0 Å². The van der Waals surface area contributed by atoms with Gasteiger partial charge in [0.05, 0.1) is 10.0 Å². The molecule has 0 fully saturated rings. The maximum atomic E-state index is 9.87.